The van der Waals surface area contributed by atoms with Crippen molar-refractivity contribution < 1.29 is 4.74 Å². The molecule has 3 aromatic rings. The smallest absolute Gasteiger partial charge is 0.201 e. The molecule has 0 aliphatic heterocycles. The first-order valence-electron chi connectivity index (χ1n) is 6.47. The molecule has 0 amide bonds. The minimum Gasteiger partial charge on any atom is -0.494 e. The van der Waals surface area contributed by atoms with E-state index in [-0.39, 0.29) is 6.04 Å². The number of aromatic nitrogens is 4. The maximum absolute atomic E-state index is 6.08. The molecular formula is C14H17N5O. The summed E-state index contributed by atoms with van der Waals surface area (Å²) >= 11 is 0. The van der Waals surface area contributed by atoms with Crippen LogP contribution in [-0.4, -0.2) is 26.2 Å². The number of nitrogen functional groups attached to an aromatic ring is 1. The number of ether oxygens (including phenoxy) is 1. The van der Waals surface area contributed by atoms with E-state index >= 15 is 0 Å². The Morgan fingerprint density at radius 2 is 2.25 bits per heavy atom. The molecule has 2 N–H and O–H groups in total. The lowest BCUT2D eigenvalue weighted by Crippen LogP contribution is -2.14. The highest BCUT2D eigenvalue weighted by molar-refractivity contribution is 5.84. The van der Waals surface area contributed by atoms with Crippen LogP contribution < -0.4 is 10.5 Å². The topological polar surface area (TPSA) is 70.9 Å². The van der Waals surface area contributed by atoms with Gasteiger partial charge in [0.25, 0.3) is 0 Å². The Kier molecular flexibility index (Phi) is 3.06. The van der Waals surface area contributed by atoms with Crippen molar-refractivity contribution in [1.82, 2.24) is 19.1 Å². The second-order valence-corrected chi connectivity index (χ2v) is 4.78. The highest BCUT2D eigenvalue weighted by Gasteiger charge is 2.16. The summed E-state index contributed by atoms with van der Waals surface area (Å²) in [5.74, 6) is 1.24. The van der Waals surface area contributed by atoms with E-state index in [4.69, 9.17) is 10.5 Å². The molecule has 1 unspecified atom stereocenters. The second-order valence-electron chi connectivity index (χ2n) is 4.78. The summed E-state index contributed by atoms with van der Waals surface area (Å²) in [5.41, 5.74) is 7.86. The van der Waals surface area contributed by atoms with E-state index in [0.29, 0.717) is 5.95 Å². The number of rotatable bonds is 4. The summed E-state index contributed by atoms with van der Waals surface area (Å²) in [6.45, 7) is 2.89. The van der Waals surface area contributed by atoms with E-state index in [0.717, 1.165) is 23.3 Å². The Morgan fingerprint density at radius 3 is 2.95 bits per heavy atom. The van der Waals surface area contributed by atoms with Crippen molar-refractivity contribution in [3.8, 4) is 5.75 Å². The molecule has 2 heterocycles. The first-order valence-corrected chi connectivity index (χ1v) is 6.47. The summed E-state index contributed by atoms with van der Waals surface area (Å²) in [7, 11) is 1.64. The Labute approximate surface area is 116 Å². The summed E-state index contributed by atoms with van der Waals surface area (Å²) in [5, 5.41) is 0. The Morgan fingerprint density at radius 1 is 1.40 bits per heavy atom. The van der Waals surface area contributed by atoms with Gasteiger partial charge < -0.3 is 19.6 Å². The molecule has 0 fully saturated rings. The molecule has 0 bridgehead atoms. The maximum Gasteiger partial charge on any atom is 0.201 e. The molecular weight excluding hydrogens is 254 g/mol. The minimum absolute atomic E-state index is 0.168. The van der Waals surface area contributed by atoms with E-state index in [9.17, 15) is 0 Å². The van der Waals surface area contributed by atoms with Crippen LogP contribution in [0.4, 0.5) is 5.95 Å². The molecule has 2 aromatic heterocycles. The van der Waals surface area contributed by atoms with Crippen LogP contribution in [0.15, 0.2) is 36.9 Å². The van der Waals surface area contributed by atoms with Gasteiger partial charge in [0.05, 0.1) is 25.0 Å². The van der Waals surface area contributed by atoms with Crippen molar-refractivity contribution in [1.29, 1.82) is 0 Å². The second kappa shape index (κ2) is 4.88. The number of hydrogen-bond donors (Lipinski definition) is 1. The molecule has 3 rings (SSSR count). The Hall–Kier alpha value is -2.50. The van der Waals surface area contributed by atoms with Crippen LogP contribution in [0.3, 0.4) is 0 Å². The molecule has 1 aromatic carbocycles. The Bertz CT molecular complexity index is 717. The quantitative estimate of drug-likeness (QED) is 0.788. The third-order valence-corrected chi connectivity index (χ3v) is 3.41. The van der Waals surface area contributed by atoms with E-state index in [1.807, 2.05) is 33.5 Å². The minimum atomic E-state index is 0.168. The van der Waals surface area contributed by atoms with Crippen molar-refractivity contribution in [3.63, 3.8) is 0 Å². The van der Waals surface area contributed by atoms with Crippen LogP contribution in [0.5, 0.6) is 5.75 Å². The first-order chi connectivity index (χ1) is 9.70. The van der Waals surface area contributed by atoms with Gasteiger partial charge in [0.1, 0.15) is 11.3 Å². The van der Waals surface area contributed by atoms with Crippen molar-refractivity contribution in [2.45, 2.75) is 19.5 Å². The zero-order chi connectivity index (χ0) is 14.1. The molecule has 0 spiro atoms. The molecule has 20 heavy (non-hydrogen) atoms. The number of nitrogens with zero attached hydrogens (tertiary/aromatic N) is 4. The standard InChI is InChI=1S/C14H17N5O/c1-10(8-18-7-6-16-9-18)19-11-4-3-5-12(20-2)13(11)17-14(19)15/h3-7,9-10H,8H2,1-2H3,(H2,15,17). The zero-order valence-corrected chi connectivity index (χ0v) is 11.5. The van der Waals surface area contributed by atoms with Gasteiger partial charge in [-0.25, -0.2) is 9.97 Å². The number of anilines is 1. The molecule has 6 nitrogen and oxygen atoms in total. The average Bonchev–Trinajstić information content (AvgIpc) is 3.04. The summed E-state index contributed by atoms with van der Waals surface area (Å²) in [6.07, 6.45) is 5.50. The number of methoxy groups -OCH3 is 1. The monoisotopic (exact) mass is 271 g/mol. The van der Waals surface area contributed by atoms with Crippen LogP contribution in [0.1, 0.15) is 13.0 Å². The first kappa shape index (κ1) is 12.5. The number of nitrogens with two attached hydrogens (primary N) is 1. The summed E-state index contributed by atoms with van der Waals surface area (Å²) in [6, 6.07) is 6.01. The van der Waals surface area contributed by atoms with Gasteiger partial charge in [0, 0.05) is 18.9 Å². The van der Waals surface area contributed by atoms with E-state index in [2.05, 4.69) is 16.9 Å². The van der Waals surface area contributed by atoms with Gasteiger partial charge in [-0.15, -0.1) is 0 Å². The van der Waals surface area contributed by atoms with Crippen LogP contribution in [0.2, 0.25) is 0 Å². The van der Waals surface area contributed by atoms with Gasteiger partial charge in [-0.3, -0.25) is 0 Å². The van der Waals surface area contributed by atoms with Crippen molar-refractivity contribution in [2.75, 3.05) is 12.8 Å². The third-order valence-electron chi connectivity index (χ3n) is 3.41. The third kappa shape index (κ3) is 1.99. The molecule has 0 radical (unpaired) electrons. The normalized spacial score (nSPS) is 12.7. The molecule has 0 saturated heterocycles. The van der Waals surface area contributed by atoms with Gasteiger partial charge in [-0.1, -0.05) is 6.07 Å². The fourth-order valence-corrected chi connectivity index (χ4v) is 2.52. The van der Waals surface area contributed by atoms with Gasteiger partial charge in [-0.05, 0) is 19.1 Å². The molecule has 0 saturated carbocycles. The molecule has 6 heteroatoms. The zero-order valence-electron chi connectivity index (χ0n) is 11.5. The average molecular weight is 271 g/mol. The lowest BCUT2D eigenvalue weighted by molar-refractivity contribution is 0.419. The van der Waals surface area contributed by atoms with Gasteiger partial charge in [0.15, 0.2) is 0 Å². The Balaban J connectivity index is 2.04. The van der Waals surface area contributed by atoms with Crippen LogP contribution in [-0.2, 0) is 6.54 Å². The van der Waals surface area contributed by atoms with Gasteiger partial charge >= 0.3 is 0 Å². The van der Waals surface area contributed by atoms with Crippen molar-refractivity contribution in [3.05, 3.63) is 36.9 Å². The van der Waals surface area contributed by atoms with Crippen LogP contribution >= 0.6 is 0 Å². The predicted molar refractivity (Wildman–Crippen MR) is 77.6 cm³/mol. The highest BCUT2D eigenvalue weighted by atomic mass is 16.5. The van der Waals surface area contributed by atoms with E-state index in [1.165, 1.54) is 0 Å². The van der Waals surface area contributed by atoms with E-state index < -0.39 is 0 Å². The highest BCUT2D eigenvalue weighted by Crippen LogP contribution is 2.29. The van der Waals surface area contributed by atoms with Gasteiger partial charge in [-0.2, -0.15) is 0 Å². The summed E-state index contributed by atoms with van der Waals surface area (Å²) < 4.78 is 9.38. The van der Waals surface area contributed by atoms with Crippen LogP contribution in [0, 0.1) is 0 Å². The number of fused-ring (bicyclic) bond motifs is 1. The molecule has 0 aliphatic carbocycles. The number of imidazole rings is 2. The predicted octanol–water partition coefficient (Wildman–Crippen LogP) is 2.08. The van der Waals surface area contributed by atoms with Crippen LogP contribution in [0.25, 0.3) is 11.0 Å². The molecule has 104 valence electrons. The van der Waals surface area contributed by atoms with Gasteiger partial charge in [0.2, 0.25) is 5.95 Å². The fraction of sp³-hybridized carbons (Fsp3) is 0.286. The lowest BCUT2D eigenvalue weighted by Gasteiger charge is -2.16. The van der Waals surface area contributed by atoms with Crippen molar-refractivity contribution >= 4 is 17.0 Å². The lowest BCUT2D eigenvalue weighted by atomic mass is 10.2. The molecule has 0 aliphatic rings. The maximum atomic E-state index is 6.08. The number of para-hydroxylation sites is 1. The fourth-order valence-electron chi connectivity index (χ4n) is 2.52. The van der Waals surface area contributed by atoms with Crippen molar-refractivity contribution in [2.24, 2.45) is 0 Å². The SMILES string of the molecule is COc1cccc2c1nc(N)n2C(C)Cn1ccnc1. The number of benzene rings is 1. The number of hydrogen-bond acceptors (Lipinski definition) is 4. The van der Waals surface area contributed by atoms with E-state index in [1.54, 1.807) is 19.6 Å². The summed E-state index contributed by atoms with van der Waals surface area (Å²) in [4.78, 5) is 8.48. The molecule has 1 atom stereocenters. The largest absolute Gasteiger partial charge is 0.494 e.